The average molecular weight is 540 g/mol. The number of amides is 2. The van der Waals surface area contributed by atoms with Crippen LogP contribution in [0.1, 0.15) is 62.3 Å². The summed E-state index contributed by atoms with van der Waals surface area (Å²) in [5.41, 5.74) is 7.35. The van der Waals surface area contributed by atoms with Crippen molar-refractivity contribution in [2.75, 3.05) is 10.6 Å². The van der Waals surface area contributed by atoms with Crippen LogP contribution in [0.25, 0.3) is 5.69 Å². The summed E-state index contributed by atoms with van der Waals surface area (Å²) >= 11 is 0. The third kappa shape index (κ3) is 6.98. The molecule has 0 saturated heterocycles. The summed E-state index contributed by atoms with van der Waals surface area (Å²) in [5, 5.41) is 17.7. The zero-order valence-corrected chi connectivity index (χ0v) is 22.9. The van der Waals surface area contributed by atoms with Gasteiger partial charge in [-0.3, -0.25) is 9.78 Å². The van der Waals surface area contributed by atoms with Crippen LogP contribution in [-0.4, -0.2) is 54.6 Å². The fourth-order valence-corrected chi connectivity index (χ4v) is 4.03. The van der Waals surface area contributed by atoms with Crippen LogP contribution >= 0.6 is 0 Å². The zero-order valence-electron chi connectivity index (χ0n) is 22.9. The number of nitrogens with one attached hydrogen (secondary N) is 3. The first-order valence-electron chi connectivity index (χ1n) is 12.7. The molecule has 0 radical (unpaired) electrons. The molecule has 0 aliphatic heterocycles. The molecular weight excluding hydrogens is 505 g/mol. The van der Waals surface area contributed by atoms with Gasteiger partial charge in [0, 0.05) is 6.04 Å². The fourth-order valence-electron chi connectivity index (χ4n) is 4.03. The molecule has 0 bridgehead atoms. The highest BCUT2D eigenvalue weighted by molar-refractivity contribution is 5.98. The summed E-state index contributed by atoms with van der Waals surface area (Å²) in [7, 11) is 0. The Labute approximate surface area is 225 Å². The lowest BCUT2D eigenvalue weighted by Crippen LogP contribution is -2.47. The smallest absolute Gasteiger partial charge is 0.407 e. The minimum absolute atomic E-state index is 0.0495. The van der Waals surface area contributed by atoms with E-state index in [9.17, 15) is 9.59 Å². The number of carbonyl (C=O) groups is 2. The number of aromatic nitrogens is 5. The highest BCUT2D eigenvalue weighted by Crippen LogP contribution is 2.36. The Morgan fingerprint density at radius 1 is 1.13 bits per heavy atom. The molecule has 0 unspecified atom stereocenters. The summed E-state index contributed by atoms with van der Waals surface area (Å²) in [6.45, 7) is 10.9. The Kier molecular flexibility index (Phi) is 7.70. The third-order valence-corrected chi connectivity index (χ3v) is 6.19. The Bertz CT molecular complexity index is 1360. The van der Waals surface area contributed by atoms with Crippen LogP contribution in [0.5, 0.6) is 0 Å². The molecule has 1 aliphatic carbocycles. The molecule has 1 fully saturated rings. The second kappa shape index (κ2) is 10.8. The van der Waals surface area contributed by atoms with E-state index in [2.05, 4.69) is 36.1 Å². The fraction of sp³-hybridized carbons (Fsp3) is 0.462. The molecule has 3 heterocycles. The Morgan fingerprint density at radius 2 is 1.79 bits per heavy atom. The second-order valence-electron chi connectivity index (χ2n) is 10.7. The molecule has 2 atom stereocenters. The van der Waals surface area contributed by atoms with Crippen LogP contribution < -0.4 is 21.7 Å². The number of rotatable bonds is 9. The van der Waals surface area contributed by atoms with Gasteiger partial charge >= 0.3 is 6.09 Å². The maximum atomic E-state index is 15.1. The van der Waals surface area contributed by atoms with Gasteiger partial charge in [-0.2, -0.15) is 10.2 Å². The largest absolute Gasteiger partial charge is 0.444 e. The monoisotopic (exact) mass is 539 g/mol. The molecule has 208 valence electrons. The molecule has 12 nitrogen and oxygen atoms in total. The van der Waals surface area contributed by atoms with Gasteiger partial charge in [0.15, 0.2) is 11.6 Å². The first kappa shape index (κ1) is 27.7. The predicted molar refractivity (Wildman–Crippen MR) is 144 cm³/mol. The second-order valence-corrected chi connectivity index (χ2v) is 10.7. The van der Waals surface area contributed by atoms with E-state index >= 15 is 4.39 Å². The van der Waals surface area contributed by atoms with Crippen molar-refractivity contribution < 1.29 is 18.7 Å². The van der Waals surface area contributed by atoms with Crippen molar-refractivity contribution in [1.29, 1.82) is 0 Å². The zero-order chi connectivity index (χ0) is 28.5. The van der Waals surface area contributed by atoms with E-state index in [1.165, 1.54) is 11.0 Å². The molecular formula is C26H34FN9O3. The van der Waals surface area contributed by atoms with Gasteiger partial charge in [-0.25, -0.2) is 14.2 Å². The van der Waals surface area contributed by atoms with E-state index in [0.717, 1.165) is 30.3 Å². The summed E-state index contributed by atoms with van der Waals surface area (Å²) in [4.78, 5) is 34.5. The number of nitrogens with zero attached hydrogens (tertiary/aromatic N) is 5. The van der Waals surface area contributed by atoms with Gasteiger partial charge in [0.25, 0.3) is 5.91 Å². The minimum Gasteiger partial charge on any atom is -0.444 e. The average Bonchev–Trinajstić information content (AvgIpc) is 3.61. The van der Waals surface area contributed by atoms with Crippen molar-refractivity contribution in [1.82, 2.24) is 30.3 Å². The Morgan fingerprint density at radius 3 is 2.38 bits per heavy atom. The Hall–Kier alpha value is -4.29. The number of aryl methyl sites for hydroxylation is 2. The molecule has 5 N–H and O–H groups in total. The van der Waals surface area contributed by atoms with E-state index in [0.29, 0.717) is 11.4 Å². The molecule has 1 saturated carbocycles. The lowest BCUT2D eigenvalue weighted by Gasteiger charge is -2.28. The lowest BCUT2D eigenvalue weighted by atomic mass is 10.0. The van der Waals surface area contributed by atoms with Crippen LogP contribution in [0.3, 0.4) is 0 Å². The van der Waals surface area contributed by atoms with Crippen molar-refractivity contribution in [2.45, 2.75) is 72.1 Å². The molecule has 2 amide bonds. The quantitative estimate of drug-likeness (QED) is 0.317. The van der Waals surface area contributed by atoms with Crippen molar-refractivity contribution in [3.8, 4) is 5.69 Å². The number of ether oxygens (including phenoxy) is 1. The van der Waals surface area contributed by atoms with Crippen LogP contribution in [0.2, 0.25) is 0 Å². The van der Waals surface area contributed by atoms with Crippen molar-refractivity contribution in [2.24, 2.45) is 11.7 Å². The summed E-state index contributed by atoms with van der Waals surface area (Å²) in [5.74, 6) is -1.42. The van der Waals surface area contributed by atoms with Crippen LogP contribution in [-0.2, 0) is 4.74 Å². The molecule has 3 aromatic heterocycles. The van der Waals surface area contributed by atoms with Crippen molar-refractivity contribution in [3.63, 3.8) is 0 Å². The van der Waals surface area contributed by atoms with Gasteiger partial charge in [-0.05, 0) is 72.4 Å². The van der Waals surface area contributed by atoms with Crippen LogP contribution in [0, 0.1) is 25.6 Å². The Balaban J connectivity index is 1.59. The van der Waals surface area contributed by atoms with Crippen molar-refractivity contribution >= 4 is 29.3 Å². The number of anilines is 3. The van der Waals surface area contributed by atoms with E-state index in [-0.39, 0.29) is 29.2 Å². The molecule has 1 aliphatic rings. The van der Waals surface area contributed by atoms with E-state index in [4.69, 9.17) is 10.5 Å². The number of halogens is 1. The summed E-state index contributed by atoms with van der Waals surface area (Å²) < 4.78 is 20.5. The molecule has 13 heteroatoms. The predicted octanol–water partition coefficient (Wildman–Crippen LogP) is 3.76. The molecule has 4 rings (SSSR count). The molecule has 39 heavy (non-hydrogen) atoms. The van der Waals surface area contributed by atoms with E-state index < -0.39 is 29.5 Å². The van der Waals surface area contributed by atoms with Gasteiger partial charge in [-0.15, -0.1) is 4.80 Å². The topological polar surface area (TPSA) is 162 Å². The number of pyridine rings is 2. The minimum atomic E-state index is -0.849. The maximum absolute atomic E-state index is 15.1. The van der Waals surface area contributed by atoms with Gasteiger partial charge in [0.2, 0.25) is 0 Å². The summed E-state index contributed by atoms with van der Waals surface area (Å²) in [6.07, 6.45) is 4.39. The van der Waals surface area contributed by atoms with E-state index in [1.54, 1.807) is 33.0 Å². The normalized spacial score (nSPS) is 14.8. The first-order chi connectivity index (χ1) is 18.3. The number of carbonyl (C=O) groups excluding carboxylic acids is 2. The van der Waals surface area contributed by atoms with Crippen LogP contribution in [0.4, 0.5) is 26.5 Å². The number of nitrogens with two attached hydrogens (primary N) is 1. The standard InChI is InChI=1S/C26H34FN9O3/c1-13-14(2)35-36(34-13)18-9-17(11-29-12-18)31-23-19(22(28)37)10-20(27)24(33-23)32-21(16-7-8-16)15(3)30-25(38)39-26(4,5)6/h9-12,15-16,21H,7-8H2,1-6H3,(H2,28,37)(H,30,38)(H2,31,32,33)/t15-,21-/m0/s1. The SMILES string of the molecule is Cc1nn(-c2cncc(Nc3nc(N[C@H](C4CC4)[C@H](C)NC(=O)OC(C)(C)C)c(F)cc3C(N)=O)c2)nc1C. The van der Waals surface area contributed by atoms with E-state index in [1.807, 2.05) is 20.8 Å². The van der Waals surface area contributed by atoms with Gasteiger partial charge in [0.1, 0.15) is 17.1 Å². The van der Waals surface area contributed by atoms with Crippen LogP contribution in [0.15, 0.2) is 24.5 Å². The van der Waals surface area contributed by atoms with Crippen molar-refractivity contribution in [3.05, 3.63) is 47.3 Å². The number of alkyl carbamates (subject to hydrolysis) is 1. The number of hydrogen-bond donors (Lipinski definition) is 4. The first-order valence-corrected chi connectivity index (χ1v) is 12.7. The van der Waals surface area contributed by atoms with Gasteiger partial charge in [-0.1, -0.05) is 0 Å². The molecule has 3 aromatic rings. The third-order valence-electron chi connectivity index (χ3n) is 6.19. The van der Waals surface area contributed by atoms with Gasteiger partial charge in [0.05, 0.1) is 41.1 Å². The lowest BCUT2D eigenvalue weighted by molar-refractivity contribution is 0.0501. The maximum Gasteiger partial charge on any atom is 0.407 e. The summed E-state index contributed by atoms with van der Waals surface area (Å²) in [6, 6.07) is 2.04. The number of hydrogen-bond acceptors (Lipinski definition) is 9. The number of primary amides is 1. The highest BCUT2D eigenvalue weighted by atomic mass is 19.1. The molecule has 0 aromatic carbocycles. The molecule has 0 spiro atoms. The van der Waals surface area contributed by atoms with Gasteiger partial charge < -0.3 is 26.4 Å². The highest BCUT2D eigenvalue weighted by Gasteiger charge is 2.37.